The van der Waals surface area contributed by atoms with Crippen molar-refractivity contribution in [3.63, 3.8) is 0 Å². The molecule has 2 heterocycles. The standard InChI is InChI=1S/C14H20O2S/c15-13(9-12-3-1-8-17-12)11-4-7-16-14(10-11)5-2-6-14/h1,3,8,11,13,15H,2,4-7,9-10H2. The zero-order chi connectivity index (χ0) is 11.7. The first-order chi connectivity index (χ1) is 8.27. The molecule has 3 heteroatoms. The third kappa shape index (κ3) is 2.42. The summed E-state index contributed by atoms with van der Waals surface area (Å²) < 4.78 is 5.91. The first kappa shape index (κ1) is 11.7. The normalized spacial score (nSPS) is 28.9. The molecule has 1 aliphatic carbocycles. The van der Waals surface area contributed by atoms with Crippen LogP contribution in [0.5, 0.6) is 0 Å². The molecule has 0 bridgehead atoms. The van der Waals surface area contributed by atoms with Gasteiger partial charge in [-0.25, -0.2) is 0 Å². The van der Waals surface area contributed by atoms with Gasteiger partial charge >= 0.3 is 0 Å². The summed E-state index contributed by atoms with van der Waals surface area (Å²) >= 11 is 1.74. The quantitative estimate of drug-likeness (QED) is 0.896. The highest BCUT2D eigenvalue weighted by molar-refractivity contribution is 7.09. The number of aliphatic hydroxyl groups excluding tert-OH is 1. The van der Waals surface area contributed by atoms with E-state index in [1.165, 1.54) is 24.1 Å². The molecule has 1 N–H and O–H groups in total. The molecule has 3 rings (SSSR count). The fraction of sp³-hybridized carbons (Fsp3) is 0.714. The third-order valence-corrected chi connectivity index (χ3v) is 5.23. The third-order valence-electron chi connectivity index (χ3n) is 4.33. The number of hydrogen-bond acceptors (Lipinski definition) is 3. The zero-order valence-corrected chi connectivity index (χ0v) is 10.9. The number of thiophene rings is 1. The lowest BCUT2D eigenvalue weighted by atomic mass is 9.70. The van der Waals surface area contributed by atoms with Crippen molar-refractivity contribution >= 4 is 11.3 Å². The van der Waals surface area contributed by atoms with Crippen LogP contribution in [-0.2, 0) is 11.2 Å². The molecule has 1 saturated carbocycles. The molecule has 0 amide bonds. The minimum atomic E-state index is -0.185. The van der Waals surface area contributed by atoms with E-state index in [0.29, 0.717) is 5.92 Å². The summed E-state index contributed by atoms with van der Waals surface area (Å²) in [7, 11) is 0. The molecule has 1 aromatic rings. The predicted molar refractivity (Wildman–Crippen MR) is 69.3 cm³/mol. The Hall–Kier alpha value is -0.380. The molecular weight excluding hydrogens is 232 g/mol. The Labute approximate surface area is 107 Å². The van der Waals surface area contributed by atoms with E-state index in [1.807, 2.05) is 0 Å². The minimum Gasteiger partial charge on any atom is -0.392 e. The number of rotatable bonds is 3. The molecule has 1 aromatic heterocycles. The SMILES string of the molecule is OC(Cc1cccs1)C1CCOC2(CCC2)C1. The summed E-state index contributed by atoms with van der Waals surface area (Å²) in [6, 6.07) is 4.18. The minimum absolute atomic E-state index is 0.152. The van der Waals surface area contributed by atoms with E-state index in [1.54, 1.807) is 11.3 Å². The van der Waals surface area contributed by atoms with Gasteiger partial charge in [-0.2, -0.15) is 0 Å². The second-order valence-electron chi connectivity index (χ2n) is 5.49. The van der Waals surface area contributed by atoms with Crippen molar-refractivity contribution in [3.8, 4) is 0 Å². The summed E-state index contributed by atoms with van der Waals surface area (Å²) in [5.41, 5.74) is 0.152. The van der Waals surface area contributed by atoms with Crippen molar-refractivity contribution in [2.24, 2.45) is 5.92 Å². The Balaban J connectivity index is 1.59. The van der Waals surface area contributed by atoms with Crippen LogP contribution in [0.15, 0.2) is 17.5 Å². The molecule has 1 aliphatic heterocycles. The topological polar surface area (TPSA) is 29.5 Å². The lowest BCUT2D eigenvalue weighted by molar-refractivity contribution is -0.156. The highest BCUT2D eigenvalue weighted by Crippen LogP contribution is 2.45. The van der Waals surface area contributed by atoms with Gasteiger partial charge in [0.25, 0.3) is 0 Å². The second-order valence-corrected chi connectivity index (χ2v) is 6.52. The summed E-state index contributed by atoms with van der Waals surface area (Å²) in [5, 5.41) is 12.4. The van der Waals surface area contributed by atoms with Crippen molar-refractivity contribution in [1.82, 2.24) is 0 Å². The molecule has 0 aromatic carbocycles. The molecule has 17 heavy (non-hydrogen) atoms. The molecule has 2 aliphatic rings. The van der Waals surface area contributed by atoms with Gasteiger partial charge in [0, 0.05) is 17.9 Å². The zero-order valence-electron chi connectivity index (χ0n) is 10.1. The van der Waals surface area contributed by atoms with Crippen LogP contribution in [0.1, 0.15) is 37.0 Å². The fourth-order valence-electron chi connectivity index (χ4n) is 3.12. The first-order valence-corrected chi connectivity index (χ1v) is 7.50. The Bertz CT molecular complexity index is 356. The van der Waals surface area contributed by atoms with Gasteiger partial charge < -0.3 is 9.84 Å². The van der Waals surface area contributed by atoms with Crippen LogP contribution in [0, 0.1) is 5.92 Å². The van der Waals surface area contributed by atoms with Crippen LogP contribution >= 0.6 is 11.3 Å². The maximum atomic E-state index is 10.3. The van der Waals surface area contributed by atoms with E-state index >= 15 is 0 Å². The van der Waals surface area contributed by atoms with Gasteiger partial charge in [0.15, 0.2) is 0 Å². The number of ether oxygens (including phenoxy) is 1. The van der Waals surface area contributed by atoms with Crippen LogP contribution in [0.2, 0.25) is 0 Å². The molecule has 1 spiro atoms. The van der Waals surface area contributed by atoms with E-state index < -0.39 is 0 Å². The molecule has 2 atom stereocenters. The van der Waals surface area contributed by atoms with E-state index in [0.717, 1.165) is 25.9 Å². The molecule has 2 fully saturated rings. The van der Waals surface area contributed by atoms with Crippen LogP contribution in [0.4, 0.5) is 0 Å². The maximum absolute atomic E-state index is 10.3. The van der Waals surface area contributed by atoms with Crippen LogP contribution in [-0.4, -0.2) is 23.4 Å². The Morgan fingerprint density at radius 2 is 2.41 bits per heavy atom. The second kappa shape index (κ2) is 4.71. The maximum Gasteiger partial charge on any atom is 0.0686 e. The lowest BCUT2D eigenvalue weighted by Gasteiger charge is -2.48. The molecule has 1 saturated heterocycles. The van der Waals surface area contributed by atoms with Gasteiger partial charge in [-0.3, -0.25) is 0 Å². The highest BCUT2D eigenvalue weighted by Gasteiger charge is 2.43. The summed E-state index contributed by atoms with van der Waals surface area (Å²) in [6.45, 7) is 0.839. The highest BCUT2D eigenvalue weighted by atomic mass is 32.1. The van der Waals surface area contributed by atoms with Crippen molar-refractivity contribution in [3.05, 3.63) is 22.4 Å². The first-order valence-electron chi connectivity index (χ1n) is 6.62. The average molecular weight is 252 g/mol. The molecular formula is C14H20O2S. The largest absolute Gasteiger partial charge is 0.392 e. The van der Waals surface area contributed by atoms with E-state index in [9.17, 15) is 5.11 Å². The fourth-order valence-corrected chi connectivity index (χ4v) is 3.87. The number of aliphatic hydroxyl groups is 1. The van der Waals surface area contributed by atoms with Crippen LogP contribution in [0.3, 0.4) is 0 Å². The van der Waals surface area contributed by atoms with Gasteiger partial charge in [0.1, 0.15) is 0 Å². The average Bonchev–Trinajstić information content (AvgIpc) is 2.80. The van der Waals surface area contributed by atoms with Crippen LogP contribution in [0.25, 0.3) is 0 Å². The predicted octanol–water partition coefficient (Wildman–Crippen LogP) is 3.00. The smallest absolute Gasteiger partial charge is 0.0686 e. The Kier molecular flexibility index (Phi) is 3.24. The molecule has 0 radical (unpaired) electrons. The van der Waals surface area contributed by atoms with Gasteiger partial charge in [-0.1, -0.05) is 6.07 Å². The van der Waals surface area contributed by atoms with Crippen molar-refractivity contribution in [2.45, 2.75) is 50.2 Å². The lowest BCUT2D eigenvalue weighted by Crippen LogP contribution is -2.48. The van der Waals surface area contributed by atoms with E-state index in [-0.39, 0.29) is 11.7 Å². The van der Waals surface area contributed by atoms with Gasteiger partial charge in [-0.05, 0) is 49.5 Å². The monoisotopic (exact) mass is 252 g/mol. The van der Waals surface area contributed by atoms with Crippen molar-refractivity contribution in [1.29, 1.82) is 0 Å². The van der Waals surface area contributed by atoms with E-state index in [4.69, 9.17) is 4.74 Å². The summed E-state index contributed by atoms with van der Waals surface area (Å²) in [5.74, 6) is 0.436. The Morgan fingerprint density at radius 1 is 1.53 bits per heavy atom. The van der Waals surface area contributed by atoms with Crippen molar-refractivity contribution in [2.75, 3.05) is 6.61 Å². The summed E-state index contributed by atoms with van der Waals surface area (Å²) in [4.78, 5) is 1.30. The molecule has 94 valence electrons. The summed E-state index contributed by atoms with van der Waals surface area (Å²) in [6.07, 6.45) is 6.43. The van der Waals surface area contributed by atoms with Gasteiger partial charge in [-0.15, -0.1) is 11.3 Å². The van der Waals surface area contributed by atoms with Gasteiger partial charge in [0.05, 0.1) is 11.7 Å². The van der Waals surface area contributed by atoms with E-state index in [2.05, 4.69) is 17.5 Å². The van der Waals surface area contributed by atoms with Crippen molar-refractivity contribution < 1.29 is 9.84 Å². The number of hydrogen-bond donors (Lipinski definition) is 1. The molecule has 2 nitrogen and oxygen atoms in total. The molecule has 2 unspecified atom stereocenters. The van der Waals surface area contributed by atoms with Crippen LogP contribution < -0.4 is 0 Å². The Morgan fingerprint density at radius 3 is 3.06 bits per heavy atom. The van der Waals surface area contributed by atoms with Gasteiger partial charge in [0.2, 0.25) is 0 Å².